The van der Waals surface area contributed by atoms with Crippen molar-refractivity contribution in [2.75, 3.05) is 0 Å². The van der Waals surface area contributed by atoms with Gasteiger partial charge in [0.25, 0.3) is 0 Å². The Morgan fingerprint density at radius 1 is 1.70 bits per heavy atom. The van der Waals surface area contributed by atoms with Gasteiger partial charge in [-0.15, -0.1) is 0 Å². The molecule has 1 atom stereocenters. The lowest BCUT2D eigenvalue weighted by atomic mass is 9.92. The van der Waals surface area contributed by atoms with E-state index in [0.717, 1.165) is 6.42 Å². The van der Waals surface area contributed by atoms with Crippen molar-refractivity contribution in [3.8, 4) is 0 Å². The van der Waals surface area contributed by atoms with Crippen LogP contribution in [-0.4, -0.2) is 5.78 Å². The first kappa shape index (κ1) is 7.52. The lowest BCUT2D eigenvalue weighted by Crippen LogP contribution is -2.05. The van der Waals surface area contributed by atoms with Crippen molar-refractivity contribution in [3.05, 3.63) is 12.2 Å². The molecule has 1 rings (SSSR count). The molecule has 0 bridgehead atoms. The highest BCUT2D eigenvalue weighted by atomic mass is 16.1. The van der Waals surface area contributed by atoms with Crippen LogP contribution in [0.2, 0.25) is 0 Å². The third-order valence-electron chi connectivity index (χ3n) is 1.90. The van der Waals surface area contributed by atoms with Crippen LogP contribution in [0.3, 0.4) is 0 Å². The minimum atomic E-state index is 0.316. The van der Waals surface area contributed by atoms with E-state index in [1.807, 2.05) is 0 Å². The summed E-state index contributed by atoms with van der Waals surface area (Å²) in [4.78, 5) is 10.7. The van der Waals surface area contributed by atoms with Crippen LogP contribution in [0.15, 0.2) is 12.2 Å². The molecule has 0 aromatic heterocycles. The van der Waals surface area contributed by atoms with Crippen molar-refractivity contribution in [3.63, 3.8) is 0 Å². The van der Waals surface area contributed by atoms with Gasteiger partial charge in [-0.05, 0) is 32.1 Å². The monoisotopic (exact) mass is 138 g/mol. The molecule has 0 spiro atoms. The molecular weight excluding hydrogens is 124 g/mol. The molecule has 0 radical (unpaired) electrons. The van der Waals surface area contributed by atoms with Crippen LogP contribution in [0.4, 0.5) is 0 Å². The van der Waals surface area contributed by atoms with Crippen LogP contribution in [0, 0.1) is 5.92 Å². The zero-order chi connectivity index (χ0) is 7.40. The highest BCUT2D eigenvalue weighted by molar-refractivity contribution is 5.75. The van der Waals surface area contributed by atoms with Crippen molar-refractivity contribution < 1.29 is 4.79 Å². The highest BCUT2D eigenvalue weighted by Crippen LogP contribution is 2.19. The van der Waals surface area contributed by atoms with Gasteiger partial charge in [-0.3, -0.25) is 0 Å². The molecule has 1 aliphatic rings. The van der Waals surface area contributed by atoms with E-state index in [9.17, 15) is 4.79 Å². The maximum absolute atomic E-state index is 10.7. The predicted molar refractivity (Wildman–Crippen MR) is 41.8 cm³/mol. The fourth-order valence-electron chi connectivity index (χ4n) is 1.42. The van der Waals surface area contributed by atoms with Crippen molar-refractivity contribution in [2.45, 2.75) is 32.6 Å². The second-order valence-corrected chi connectivity index (χ2v) is 3.03. The van der Waals surface area contributed by atoms with Gasteiger partial charge in [-0.1, -0.05) is 12.2 Å². The van der Waals surface area contributed by atoms with Crippen LogP contribution in [0.1, 0.15) is 32.6 Å². The number of hydrogen-bond acceptors (Lipinski definition) is 1. The quantitative estimate of drug-likeness (QED) is 0.535. The summed E-state index contributed by atoms with van der Waals surface area (Å²) >= 11 is 0. The zero-order valence-electron chi connectivity index (χ0n) is 6.47. The van der Waals surface area contributed by atoms with E-state index in [1.54, 1.807) is 6.92 Å². The Balaban J connectivity index is 2.33. The lowest BCUT2D eigenvalue weighted by Gasteiger charge is -2.13. The molecular formula is C9H14O. The summed E-state index contributed by atoms with van der Waals surface area (Å²) in [7, 11) is 0. The molecule has 1 nitrogen and oxygen atoms in total. The molecule has 0 unspecified atom stereocenters. The number of rotatable bonds is 2. The first-order chi connectivity index (χ1) is 4.79. The van der Waals surface area contributed by atoms with Gasteiger partial charge >= 0.3 is 0 Å². The summed E-state index contributed by atoms with van der Waals surface area (Å²) in [6, 6.07) is 0. The molecule has 0 aromatic carbocycles. The first-order valence-corrected chi connectivity index (χ1v) is 3.95. The largest absolute Gasteiger partial charge is 0.300 e. The standard InChI is InChI=1S/C9H14O/c1-8(10)7-9-5-3-2-4-6-9/h3,5,9H,2,4,6-7H2,1H3/t9-/m1/s1. The second kappa shape index (κ2) is 3.55. The minimum absolute atomic E-state index is 0.316. The van der Waals surface area contributed by atoms with E-state index in [-0.39, 0.29) is 0 Å². The maximum Gasteiger partial charge on any atom is 0.130 e. The highest BCUT2D eigenvalue weighted by Gasteiger charge is 2.09. The number of carbonyl (C=O) groups excluding carboxylic acids is 1. The lowest BCUT2D eigenvalue weighted by molar-refractivity contribution is -0.117. The van der Waals surface area contributed by atoms with Gasteiger partial charge < -0.3 is 4.79 Å². The molecule has 10 heavy (non-hydrogen) atoms. The van der Waals surface area contributed by atoms with Crippen LogP contribution in [-0.2, 0) is 4.79 Å². The Labute approximate surface area is 62.1 Å². The van der Waals surface area contributed by atoms with E-state index < -0.39 is 0 Å². The summed E-state index contributed by atoms with van der Waals surface area (Å²) in [5, 5.41) is 0. The molecule has 1 heteroatoms. The SMILES string of the molecule is CC(=O)C[C@@H]1C=CCCC1. The normalized spacial score (nSPS) is 24.7. The number of Topliss-reactive ketones (excluding diaryl/α,β-unsaturated/α-hetero) is 1. The molecule has 0 amide bonds. The fourth-order valence-corrected chi connectivity index (χ4v) is 1.42. The van der Waals surface area contributed by atoms with Gasteiger partial charge in [0.15, 0.2) is 0 Å². The van der Waals surface area contributed by atoms with Gasteiger partial charge in [0, 0.05) is 6.42 Å². The van der Waals surface area contributed by atoms with Crippen LogP contribution in [0.25, 0.3) is 0 Å². The molecule has 0 N–H and O–H groups in total. The summed E-state index contributed by atoms with van der Waals surface area (Å²) in [6.45, 7) is 1.67. The smallest absolute Gasteiger partial charge is 0.130 e. The summed E-state index contributed by atoms with van der Waals surface area (Å²) in [5.41, 5.74) is 0. The van der Waals surface area contributed by atoms with Gasteiger partial charge in [0.05, 0.1) is 0 Å². The minimum Gasteiger partial charge on any atom is -0.300 e. The van der Waals surface area contributed by atoms with Gasteiger partial charge in [0.1, 0.15) is 5.78 Å². The summed E-state index contributed by atoms with van der Waals surface area (Å²) in [5.74, 6) is 0.864. The molecule has 0 fully saturated rings. The third kappa shape index (κ3) is 2.34. The van der Waals surface area contributed by atoms with E-state index in [4.69, 9.17) is 0 Å². The van der Waals surface area contributed by atoms with Crippen molar-refractivity contribution >= 4 is 5.78 Å². The Morgan fingerprint density at radius 3 is 3.00 bits per heavy atom. The zero-order valence-corrected chi connectivity index (χ0v) is 6.47. The number of allylic oxidation sites excluding steroid dienone is 2. The second-order valence-electron chi connectivity index (χ2n) is 3.03. The van der Waals surface area contributed by atoms with E-state index >= 15 is 0 Å². The molecule has 1 aliphatic carbocycles. The number of hydrogen-bond donors (Lipinski definition) is 0. The van der Waals surface area contributed by atoms with E-state index in [2.05, 4.69) is 12.2 Å². The molecule has 0 aliphatic heterocycles. The van der Waals surface area contributed by atoms with Crippen molar-refractivity contribution in [1.29, 1.82) is 0 Å². The van der Waals surface area contributed by atoms with Crippen LogP contribution in [0.5, 0.6) is 0 Å². The van der Waals surface area contributed by atoms with Gasteiger partial charge in [-0.2, -0.15) is 0 Å². The van der Waals surface area contributed by atoms with Crippen LogP contribution >= 0.6 is 0 Å². The Hall–Kier alpha value is -0.590. The van der Waals surface area contributed by atoms with Crippen LogP contribution < -0.4 is 0 Å². The third-order valence-corrected chi connectivity index (χ3v) is 1.90. The van der Waals surface area contributed by atoms with Gasteiger partial charge in [-0.25, -0.2) is 0 Å². The Morgan fingerprint density at radius 2 is 2.50 bits per heavy atom. The molecule has 56 valence electrons. The van der Waals surface area contributed by atoms with Crippen molar-refractivity contribution in [2.24, 2.45) is 5.92 Å². The fraction of sp³-hybridized carbons (Fsp3) is 0.667. The molecule has 0 aromatic rings. The first-order valence-electron chi connectivity index (χ1n) is 3.95. The van der Waals surface area contributed by atoms with Gasteiger partial charge in [0.2, 0.25) is 0 Å². The summed E-state index contributed by atoms with van der Waals surface area (Å²) in [6.07, 6.45) is 8.79. The molecule has 0 heterocycles. The van der Waals surface area contributed by atoms with E-state index in [1.165, 1.54) is 19.3 Å². The summed E-state index contributed by atoms with van der Waals surface area (Å²) < 4.78 is 0. The topological polar surface area (TPSA) is 17.1 Å². The molecule has 0 saturated heterocycles. The average molecular weight is 138 g/mol. The number of carbonyl (C=O) groups is 1. The molecule has 0 saturated carbocycles. The van der Waals surface area contributed by atoms with Crippen molar-refractivity contribution in [1.82, 2.24) is 0 Å². The predicted octanol–water partition coefficient (Wildman–Crippen LogP) is 2.32. The number of ketones is 1. The maximum atomic E-state index is 10.7. The Bertz CT molecular complexity index is 147. The average Bonchev–Trinajstić information content (AvgIpc) is 1.88. The Kier molecular flexibility index (Phi) is 2.67. The van der Waals surface area contributed by atoms with E-state index in [0.29, 0.717) is 11.7 Å².